The number of ether oxygens (including phenoxy) is 2. The van der Waals surface area contributed by atoms with E-state index in [9.17, 15) is 20.1 Å². The Morgan fingerprint density at radius 1 is 1.38 bits per heavy atom. The molecule has 5 atom stereocenters. The van der Waals surface area contributed by atoms with Crippen molar-refractivity contribution >= 4 is 5.97 Å². The minimum Gasteiger partial charge on any atom is -0.497 e. The molecule has 1 aromatic heterocycles. The van der Waals surface area contributed by atoms with E-state index in [1.807, 2.05) is 12.1 Å². The summed E-state index contributed by atoms with van der Waals surface area (Å²) in [5.41, 5.74) is 1.32. The fourth-order valence-corrected chi connectivity index (χ4v) is 3.28. The first kappa shape index (κ1) is 20.8. The molecule has 0 bridgehead atoms. The number of carboxylic acids is 1. The topological polar surface area (TPSA) is 147 Å². The van der Waals surface area contributed by atoms with E-state index in [-0.39, 0.29) is 5.76 Å². The maximum Gasteiger partial charge on any atom is 0.370 e. The number of aromatic nitrogens is 3. The third-order valence-electron chi connectivity index (χ3n) is 4.95. The zero-order chi connectivity index (χ0) is 21.1. The number of aliphatic hydroxyl groups excluding tert-OH is 3. The first-order chi connectivity index (χ1) is 13.8. The highest BCUT2D eigenvalue weighted by atomic mass is 16.5. The molecule has 4 N–H and O–H groups in total. The Kier molecular flexibility index (Phi) is 6.16. The number of hydrogen-bond acceptors (Lipinski definition) is 8. The summed E-state index contributed by atoms with van der Waals surface area (Å²) < 4.78 is 12.1. The van der Waals surface area contributed by atoms with Gasteiger partial charge in [0.25, 0.3) is 0 Å². The zero-order valence-electron chi connectivity index (χ0n) is 15.9. The Balaban J connectivity index is 1.94. The molecule has 0 fully saturated rings. The molecule has 1 aromatic carbocycles. The second kappa shape index (κ2) is 8.60. The molecule has 0 saturated carbocycles. The SMILES string of the molecule is COc1cccc(-c2cn([C@H]3C=C(C(=O)O)O[C@@H]([C@H](O)[C@H](O)CO)[C@@H]3C)nn2)c1. The van der Waals surface area contributed by atoms with E-state index in [0.29, 0.717) is 11.4 Å². The summed E-state index contributed by atoms with van der Waals surface area (Å²) in [4.78, 5) is 11.5. The third-order valence-corrected chi connectivity index (χ3v) is 4.95. The van der Waals surface area contributed by atoms with Gasteiger partial charge in [-0.1, -0.05) is 24.3 Å². The van der Waals surface area contributed by atoms with Gasteiger partial charge in [-0.25, -0.2) is 9.48 Å². The van der Waals surface area contributed by atoms with Crippen LogP contribution in [0.25, 0.3) is 11.3 Å². The van der Waals surface area contributed by atoms with Crippen LogP contribution in [-0.2, 0) is 9.53 Å². The molecule has 10 heteroatoms. The normalized spacial score (nSPS) is 23.6. The van der Waals surface area contributed by atoms with Crippen molar-refractivity contribution in [1.82, 2.24) is 15.0 Å². The van der Waals surface area contributed by atoms with Crippen LogP contribution >= 0.6 is 0 Å². The monoisotopic (exact) mass is 405 g/mol. The molecule has 0 amide bonds. The van der Waals surface area contributed by atoms with E-state index in [2.05, 4.69) is 10.3 Å². The first-order valence-corrected chi connectivity index (χ1v) is 9.00. The average molecular weight is 405 g/mol. The molecule has 156 valence electrons. The van der Waals surface area contributed by atoms with Crippen molar-refractivity contribution in [2.24, 2.45) is 5.92 Å². The Labute approximate surface area is 166 Å². The molecule has 0 unspecified atom stereocenters. The molecule has 2 heterocycles. The summed E-state index contributed by atoms with van der Waals surface area (Å²) in [6.07, 6.45) is -0.988. The highest BCUT2D eigenvalue weighted by Gasteiger charge is 2.41. The standard InChI is InChI=1S/C19H23N3O7/c1-10-14(7-16(19(26)27)29-18(10)17(25)15(24)9-23)22-8-13(20-21-22)11-4-3-5-12(6-11)28-2/h3-8,10,14-15,17-18,23-25H,9H2,1-2H3,(H,26,27)/t10-,14+,15-,17-,18-/m1/s1. The third kappa shape index (κ3) is 4.24. The second-order valence-electron chi connectivity index (χ2n) is 6.82. The minimum atomic E-state index is -1.48. The van der Waals surface area contributed by atoms with E-state index in [4.69, 9.17) is 14.6 Å². The molecule has 29 heavy (non-hydrogen) atoms. The van der Waals surface area contributed by atoms with Crippen molar-refractivity contribution in [3.05, 3.63) is 42.3 Å². The summed E-state index contributed by atoms with van der Waals surface area (Å²) in [5.74, 6) is -1.51. The molecule has 2 aromatic rings. The number of hydrogen-bond donors (Lipinski definition) is 4. The molecular weight excluding hydrogens is 382 g/mol. The van der Waals surface area contributed by atoms with Gasteiger partial charge in [0.05, 0.1) is 26.0 Å². The zero-order valence-corrected chi connectivity index (χ0v) is 15.9. The van der Waals surface area contributed by atoms with Crippen LogP contribution in [0.1, 0.15) is 13.0 Å². The van der Waals surface area contributed by atoms with E-state index in [1.54, 1.807) is 32.4 Å². The van der Waals surface area contributed by atoms with Crippen molar-refractivity contribution in [2.75, 3.05) is 13.7 Å². The molecule has 10 nitrogen and oxygen atoms in total. The smallest absolute Gasteiger partial charge is 0.370 e. The summed E-state index contributed by atoms with van der Waals surface area (Å²) in [7, 11) is 1.56. The van der Waals surface area contributed by atoms with Gasteiger partial charge in [0, 0.05) is 11.5 Å². The number of carboxylic acid groups (broad SMARTS) is 1. The Bertz CT molecular complexity index is 897. The Hall–Kier alpha value is -2.95. The van der Waals surface area contributed by atoms with Crippen LogP contribution in [0.2, 0.25) is 0 Å². The first-order valence-electron chi connectivity index (χ1n) is 9.00. The van der Waals surface area contributed by atoms with Gasteiger partial charge >= 0.3 is 5.97 Å². The molecule has 0 aliphatic carbocycles. The number of aliphatic carboxylic acids is 1. The number of aliphatic hydroxyl groups is 3. The largest absolute Gasteiger partial charge is 0.497 e. The number of carbonyl (C=O) groups is 1. The van der Waals surface area contributed by atoms with Crippen LogP contribution in [0, 0.1) is 5.92 Å². The summed E-state index contributed by atoms with van der Waals surface area (Å²) in [5, 5.41) is 46.9. The lowest BCUT2D eigenvalue weighted by molar-refractivity contribution is -0.148. The average Bonchev–Trinajstić information content (AvgIpc) is 3.22. The van der Waals surface area contributed by atoms with Crippen molar-refractivity contribution in [3.63, 3.8) is 0 Å². The van der Waals surface area contributed by atoms with Gasteiger partial charge in [-0.05, 0) is 18.2 Å². The van der Waals surface area contributed by atoms with Crippen molar-refractivity contribution in [3.8, 4) is 17.0 Å². The fraction of sp³-hybridized carbons (Fsp3) is 0.421. The maximum atomic E-state index is 11.5. The van der Waals surface area contributed by atoms with E-state index < -0.39 is 42.8 Å². The van der Waals surface area contributed by atoms with Crippen LogP contribution in [0.15, 0.2) is 42.3 Å². The lowest BCUT2D eigenvalue weighted by Gasteiger charge is -2.37. The molecular formula is C19H23N3O7. The number of rotatable bonds is 7. The van der Waals surface area contributed by atoms with Crippen LogP contribution in [0.3, 0.4) is 0 Å². The van der Waals surface area contributed by atoms with Gasteiger partial charge in [-0.3, -0.25) is 0 Å². The van der Waals surface area contributed by atoms with Crippen molar-refractivity contribution in [2.45, 2.75) is 31.3 Å². The van der Waals surface area contributed by atoms with Gasteiger partial charge in [-0.15, -0.1) is 5.10 Å². The quantitative estimate of drug-likeness (QED) is 0.507. The maximum absolute atomic E-state index is 11.5. The van der Waals surface area contributed by atoms with Crippen LogP contribution in [-0.4, -0.2) is 73.4 Å². The predicted octanol–water partition coefficient (Wildman–Crippen LogP) is 0.212. The molecule has 1 aliphatic heterocycles. The second-order valence-corrected chi connectivity index (χ2v) is 6.82. The minimum absolute atomic E-state index is 0.374. The van der Waals surface area contributed by atoms with Crippen LogP contribution < -0.4 is 4.74 Å². The number of methoxy groups -OCH3 is 1. The van der Waals surface area contributed by atoms with Gasteiger partial charge in [0.15, 0.2) is 0 Å². The Morgan fingerprint density at radius 2 is 2.14 bits per heavy atom. The number of benzene rings is 1. The highest BCUT2D eigenvalue weighted by Crippen LogP contribution is 2.35. The molecule has 3 rings (SSSR count). The van der Waals surface area contributed by atoms with Crippen LogP contribution in [0.4, 0.5) is 0 Å². The van der Waals surface area contributed by atoms with Gasteiger partial charge in [-0.2, -0.15) is 0 Å². The highest BCUT2D eigenvalue weighted by molar-refractivity contribution is 5.84. The fourth-order valence-electron chi connectivity index (χ4n) is 3.28. The molecule has 0 spiro atoms. The molecule has 0 radical (unpaired) electrons. The van der Waals surface area contributed by atoms with Crippen molar-refractivity contribution < 1.29 is 34.7 Å². The van der Waals surface area contributed by atoms with Crippen molar-refractivity contribution in [1.29, 1.82) is 0 Å². The van der Waals surface area contributed by atoms with E-state index >= 15 is 0 Å². The number of allylic oxidation sites excluding steroid dienone is 1. The number of nitrogens with zero attached hydrogens (tertiary/aromatic N) is 3. The van der Waals surface area contributed by atoms with Gasteiger partial charge in [0.2, 0.25) is 5.76 Å². The Morgan fingerprint density at radius 3 is 2.79 bits per heavy atom. The van der Waals surface area contributed by atoms with Gasteiger partial charge < -0.3 is 29.9 Å². The molecule has 0 saturated heterocycles. The molecule has 1 aliphatic rings. The van der Waals surface area contributed by atoms with E-state index in [0.717, 1.165) is 5.56 Å². The lowest BCUT2D eigenvalue weighted by Crippen LogP contribution is -2.48. The summed E-state index contributed by atoms with van der Waals surface area (Å²) in [6, 6.07) is 6.65. The summed E-state index contributed by atoms with van der Waals surface area (Å²) in [6.45, 7) is 1.04. The van der Waals surface area contributed by atoms with Gasteiger partial charge in [0.1, 0.15) is 29.8 Å². The predicted molar refractivity (Wildman–Crippen MR) is 99.9 cm³/mol. The van der Waals surface area contributed by atoms with Crippen LogP contribution in [0.5, 0.6) is 5.75 Å². The lowest BCUT2D eigenvalue weighted by atomic mass is 9.87. The van der Waals surface area contributed by atoms with E-state index in [1.165, 1.54) is 10.8 Å². The summed E-state index contributed by atoms with van der Waals surface area (Å²) >= 11 is 0.